The van der Waals surface area contributed by atoms with Crippen molar-refractivity contribution in [3.63, 3.8) is 0 Å². The molecule has 0 unspecified atom stereocenters. The monoisotopic (exact) mass is 402 g/mol. The van der Waals surface area contributed by atoms with Gasteiger partial charge in [-0.3, -0.25) is 14.4 Å². The normalized spacial score (nSPS) is 23.9. The predicted octanol–water partition coefficient (Wildman–Crippen LogP) is 2.55. The third kappa shape index (κ3) is 5.15. The molecule has 1 saturated heterocycles. The van der Waals surface area contributed by atoms with E-state index in [0.29, 0.717) is 43.8 Å². The molecular formula is C22H30N2O5. The van der Waals surface area contributed by atoms with Gasteiger partial charge >= 0.3 is 11.9 Å². The van der Waals surface area contributed by atoms with Crippen molar-refractivity contribution >= 4 is 17.8 Å². The second kappa shape index (κ2) is 9.39. The van der Waals surface area contributed by atoms with E-state index in [9.17, 15) is 19.5 Å². The Labute approximate surface area is 170 Å². The first-order chi connectivity index (χ1) is 13.9. The average molecular weight is 402 g/mol. The molecule has 158 valence electrons. The zero-order chi connectivity index (χ0) is 20.9. The largest absolute Gasteiger partial charge is 0.481 e. The van der Waals surface area contributed by atoms with E-state index in [0.717, 1.165) is 31.2 Å². The molecule has 1 saturated carbocycles. The summed E-state index contributed by atoms with van der Waals surface area (Å²) in [6.07, 6.45) is 5.60. The van der Waals surface area contributed by atoms with Gasteiger partial charge in [-0.1, -0.05) is 12.1 Å². The van der Waals surface area contributed by atoms with Crippen molar-refractivity contribution in [3.05, 3.63) is 35.4 Å². The zero-order valence-electron chi connectivity index (χ0n) is 16.7. The number of amides is 1. The van der Waals surface area contributed by atoms with Gasteiger partial charge in [0.2, 0.25) is 0 Å². The maximum absolute atomic E-state index is 12.6. The summed E-state index contributed by atoms with van der Waals surface area (Å²) in [5, 5.41) is 24.9. The molecule has 1 aliphatic heterocycles. The molecule has 0 spiro atoms. The van der Waals surface area contributed by atoms with Crippen LogP contribution in [0.25, 0.3) is 0 Å². The molecule has 7 heteroatoms. The van der Waals surface area contributed by atoms with E-state index in [1.807, 2.05) is 0 Å². The fraction of sp³-hybridized carbons (Fsp3) is 0.591. The number of carbonyl (C=O) groups excluding carboxylic acids is 1. The quantitative estimate of drug-likeness (QED) is 0.557. The number of nitrogens with one attached hydrogen (secondary N) is 2. The lowest BCUT2D eigenvalue weighted by Gasteiger charge is -2.34. The van der Waals surface area contributed by atoms with Crippen LogP contribution < -0.4 is 10.6 Å². The van der Waals surface area contributed by atoms with Crippen LogP contribution >= 0.6 is 0 Å². The molecule has 1 amide bonds. The van der Waals surface area contributed by atoms with Crippen LogP contribution in [0.15, 0.2) is 24.3 Å². The number of benzene rings is 1. The molecule has 7 nitrogen and oxygen atoms in total. The maximum atomic E-state index is 12.6. The molecular weight excluding hydrogens is 372 g/mol. The number of hydrogen-bond acceptors (Lipinski definition) is 4. The van der Waals surface area contributed by atoms with Gasteiger partial charge in [-0.25, -0.2) is 0 Å². The lowest BCUT2D eigenvalue weighted by molar-refractivity contribution is -0.145. The van der Waals surface area contributed by atoms with Crippen molar-refractivity contribution < 1.29 is 24.6 Å². The minimum absolute atomic E-state index is 0.109. The van der Waals surface area contributed by atoms with Gasteiger partial charge in [0.1, 0.15) is 0 Å². The van der Waals surface area contributed by atoms with E-state index in [-0.39, 0.29) is 18.4 Å². The number of carbonyl (C=O) groups is 3. The zero-order valence-corrected chi connectivity index (χ0v) is 16.7. The van der Waals surface area contributed by atoms with Crippen molar-refractivity contribution in [1.82, 2.24) is 10.6 Å². The van der Waals surface area contributed by atoms with Gasteiger partial charge in [0.25, 0.3) is 5.91 Å². The molecule has 4 N–H and O–H groups in total. The Hall–Kier alpha value is -2.41. The minimum atomic E-state index is -0.880. The van der Waals surface area contributed by atoms with E-state index in [4.69, 9.17) is 5.11 Å². The van der Waals surface area contributed by atoms with Gasteiger partial charge in [-0.2, -0.15) is 0 Å². The molecule has 1 heterocycles. The Morgan fingerprint density at radius 2 is 1.62 bits per heavy atom. The molecule has 1 aromatic carbocycles. The summed E-state index contributed by atoms with van der Waals surface area (Å²) < 4.78 is 0. The first-order valence-corrected chi connectivity index (χ1v) is 10.5. The van der Waals surface area contributed by atoms with E-state index in [2.05, 4.69) is 10.6 Å². The molecule has 1 aliphatic carbocycles. The van der Waals surface area contributed by atoms with Crippen LogP contribution in [0.2, 0.25) is 0 Å². The maximum Gasteiger partial charge on any atom is 0.314 e. The Balaban J connectivity index is 1.56. The highest BCUT2D eigenvalue weighted by Crippen LogP contribution is 2.34. The smallest absolute Gasteiger partial charge is 0.314 e. The van der Waals surface area contributed by atoms with Crippen LogP contribution in [0.4, 0.5) is 0 Å². The summed E-state index contributed by atoms with van der Waals surface area (Å²) >= 11 is 0. The minimum Gasteiger partial charge on any atom is -0.481 e. The number of rotatable bonds is 7. The van der Waals surface area contributed by atoms with E-state index < -0.39 is 17.4 Å². The SMILES string of the molecule is O=C(O)CCC1CCC(NC(=O)c2ccc(C3(C(=O)O)CCNCC3)cc2)CC1. The Morgan fingerprint density at radius 1 is 1.00 bits per heavy atom. The summed E-state index contributed by atoms with van der Waals surface area (Å²) in [5.74, 6) is -1.27. The lowest BCUT2D eigenvalue weighted by atomic mass is 9.73. The number of carboxylic acid groups (broad SMARTS) is 2. The van der Waals surface area contributed by atoms with Gasteiger partial charge in [0.05, 0.1) is 5.41 Å². The Kier molecular flexibility index (Phi) is 6.90. The van der Waals surface area contributed by atoms with Crippen molar-refractivity contribution in [2.45, 2.75) is 62.8 Å². The highest BCUT2D eigenvalue weighted by atomic mass is 16.4. The summed E-state index contributed by atoms with van der Waals surface area (Å²) in [6, 6.07) is 7.10. The van der Waals surface area contributed by atoms with Gasteiger partial charge in [-0.05, 0) is 81.6 Å². The van der Waals surface area contributed by atoms with Crippen LogP contribution in [0.1, 0.15) is 67.3 Å². The predicted molar refractivity (Wildman–Crippen MR) is 108 cm³/mol. The van der Waals surface area contributed by atoms with Gasteiger partial charge in [-0.15, -0.1) is 0 Å². The average Bonchev–Trinajstić information content (AvgIpc) is 2.73. The Bertz CT molecular complexity index is 732. The number of piperidine rings is 1. The fourth-order valence-electron chi connectivity index (χ4n) is 4.61. The first-order valence-electron chi connectivity index (χ1n) is 10.5. The standard InChI is InChI=1S/C22H30N2O5/c25-19(26)10-3-15-1-8-18(9-2-15)24-20(27)16-4-6-17(7-5-16)22(21(28)29)11-13-23-14-12-22/h4-7,15,18,23H,1-3,8-14H2,(H,24,27)(H,25,26)(H,28,29). The molecule has 2 aliphatic rings. The van der Waals surface area contributed by atoms with E-state index >= 15 is 0 Å². The molecule has 0 atom stereocenters. The van der Waals surface area contributed by atoms with Crippen LogP contribution in [-0.2, 0) is 15.0 Å². The summed E-state index contributed by atoms with van der Waals surface area (Å²) in [4.78, 5) is 35.2. The molecule has 2 fully saturated rings. The summed E-state index contributed by atoms with van der Waals surface area (Å²) in [7, 11) is 0. The molecule has 0 radical (unpaired) electrons. The van der Waals surface area contributed by atoms with E-state index in [1.54, 1.807) is 24.3 Å². The van der Waals surface area contributed by atoms with Crippen LogP contribution in [0, 0.1) is 5.92 Å². The molecule has 0 bridgehead atoms. The third-order valence-electron chi connectivity index (χ3n) is 6.51. The van der Waals surface area contributed by atoms with Crippen molar-refractivity contribution in [3.8, 4) is 0 Å². The van der Waals surface area contributed by atoms with Gasteiger partial charge in [0, 0.05) is 18.0 Å². The fourth-order valence-corrected chi connectivity index (χ4v) is 4.61. The molecule has 29 heavy (non-hydrogen) atoms. The van der Waals surface area contributed by atoms with Crippen LogP contribution in [0.5, 0.6) is 0 Å². The topological polar surface area (TPSA) is 116 Å². The van der Waals surface area contributed by atoms with E-state index in [1.165, 1.54) is 0 Å². The summed E-state index contributed by atoms with van der Waals surface area (Å²) in [5.41, 5.74) is 0.410. The van der Waals surface area contributed by atoms with Crippen LogP contribution in [-0.4, -0.2) is 47.2 Å². The molecule has 0 aromatic heterocycles. The molecule has 1 aromatic rings. The van der Waals surface area contributed by atoms with Gasteiger partial charge in [0.15, 0.2) is 0 Å². The second-order valence-electron chi connectivity index (χ2n) is 8.34. The van der Waals surface area contributed by atoms with Crippen molar-refractivity contribution in [1.29, 1.82) is 0 Å². The highest BCUT2D eigenvalue weighted by molar-refractivity contribution is 5.94. The first kappa shape index (κ1) is 21.3. The number of hydrogen-bond donors (Lipinski definition) is 4. The third-order valence-corrected chi connectivity index (χ3v) is 6.51. The number of carboxylic acids is 2. The van der Waals surface area contributed by atoms with Crippen molar-refractivity contribution in [2.75, 3.05) is 13.1 Å². The summed E-state index contributed by atoms with van der Waals surface area (Å²) in [6.45, 7) is 1.34. The van der Waals surface area contributed by atoms with Crippen LogP contribution in [0.3, 0.4) is 0 Å². The second-order valence-corrected chi connectivity index (χ2v) is 8.34. The van der Waals surface area contributed by atoms with Crippen molar-refractivity contribution in [2.24, 2.45) is 5.92 Å². The Morgan fingerprint density at radius 3 is 2.17 bits per heavy atom. The van der Waals surface area contributed by atoms with Gasteiger partial charge < -0.3 is 20.8 Å². The molecule has 3 rings (SSSR count). The highest BCUT2D eigenvalue weighted by Gasteiger charge is 2.41. The number of aliphatic carboxylic acids is 2. The lowest BCUT2D eigenvalue weighted by Crippen LogP contribution is -2.45.